The summed E-state index contributed by atoms with van der Waals surface area (Å²) in [6.45, 7) is 5.16. The minimum absolute atomic E-state index is 0.0480. The molecule has 19 heavy (non-hydrogen) atoms. The minimum Gasteiger partial charge on any atom is -0.352 e. The first kappa shape index (κ1) is 13.6. The molecular weight excluding hydrogens is 238 g/mol. The Balaban J connectivity index is 2.18. The van der Waals surface area contributed by atoms with Crippen LogP contribution < -0.4 is 10.6 Å². The number of aromatic nitrogens is 1. The summed E-state index contributed by atoms with van der Waals surface area (Å²) in [5, 5.41) is 7.22. The van der Waals surface area contributed by atoms with Gasteiger partial charge in [0.15, 0.2) is 0 Å². The Kier molecular flexibility index (Phi) is 4.22. The van der Waals surface area contributed by atoms with Crippen molar-refractivity contribution in [1.29, 1.82) is 0 Å². The molecule has 2 aromatic rings. The lowest BCUT2D eigenvalue weighted by atomic mass is 10.1. The standard InChI is InChI=1S/C15H21N3O/c1-11(2)17-15(19)10-18-7-6-13-8-12(9-16-3)4-5-14(13)18/h4-8,11,16H,9-10H2,1-3H3,(H,17,19). The van der Waals surface area contributed by atoms with E-state index in [4.69, 9.17) is 0 Å². The predicted molar refractivity (Wildman–Crippen MR) is 78.0 cm³/mol. The second-order valence-electron chi connectivity index (χ2n) is 5.09. The highest BCUT2D eigenvalue weighted by Gasteiger charge is 2.07. The zero-order valence-electron chi connectivity index (χ0n) is 11.7. The number of hydrogen-bond acceptors (Lipinski definition) is 2. The van der Waals surface area contributed by atoms with Gasteiger partial charge in [0.05, 0.1) is 0 Å². The fourth-order valence-electron chi connectivity index (χ4n) is 2.22. The molecule has 0 spiro atoms. The van der Waals surface area contributed by atoms with E-state index in [9.17, 15) is 4.79 Å². The predicted octanol–water partition coefficient (Wildman–Crippen LogP) is 1.89. The molecule has 0 radical (unpaired) electrons. The van der Waals surface area contributed by atoms with Crippen LogP contribution >= 0.6 is 0 Å². The van der Waals surface area contributed by atoms with Crippen LogP contribution in [-0.4, -0.2) is 23.6 Å². The molecule has 0 fully saturated rings. The normalized spacial score (nSPS) is 11.2. The van der Waals surface area contributed by atoms with E-state index in [1.807, 2.05) is 31.7 Å². The van der Waals surface area contributed by atoms with Crippen molar-refractivity contribution < 1.29 is 4.79 Å². The smallest absolute Gasteiger partial charge is 0.240 e. The maximum absolute atomic E-state index is 11.8. The van der Waals surface area contributed by atoms with Gasteiger partial charge in [-0.15, -0.1) is 0 Å². The summed E-state index contributed by atoms with van der Waals surface area (Å²) >= 11 is 0. The number of rotatable bonds is 5. The van der Waals surface area contributed by atoms with Crippen molar-refractivity contribution in [1.82, 2.24) is 15.2 Å². The number of carbonyl (C=O) groups is 1. The van der Waals surface area contributed by atoms with Crippen LogP contribution in [0, 0.1) is 0 Å². The highest BCUT2D eigenvalue weighted by Crippen LogP contribution is 2.17. The molecule has 0 bridgehead atoms. The second-order valence-corrected chi connectivity index (χ2v) is 5.09. The number of benzene rings is 1. The van der Waals surface area contributed by atoms with Gasteiger partial charge in [0, 0.05) is 24.3 Å². The largest absolute Gasteiger partial charge is 0.352 e. The molecule has 2 N–H and O–H groups in total. The van der Waals surface area contributed by atoms with Crippen molar-refractivity contribution in [2.75, 3.05) is 7.05 Å². The zero-order valence-corrected chi connectivity index (χ0v) is 11.7. The average Bonchev–Trinajstić information content (AvgIpc) is 2.71. The zero-order chi connectivity index (χ0) is 13.8. The van der Waals surface area contributed by atoms with Gasteiger partial charge >= 0.3 is 0 Å². The van der Waals surface area contributed by atoms with Gasteiger partial charge in [-0.3, -0.25) is 4.79 Å². The van der Waals surface area contributed by atoms with Crippen LogP contribution in [0.5, 0.6) is 0 Å². The highest BCUT2D eigenvalue weighted by molar-refractivity contribution is 5.83. The summed E-state index contributed by atoms with van der Waals surface area (Å²) in [7, 11) is 1.94. The molecule has 0 aliphatic rings. The highest BCUT2D eigenvalue weighted by atomic mass is 16.2. The summed E-state index contributed by atoms with van der Waals surface area (Å²) in [5.41, 5.74) is 2.35. The fraction of sp³-hybridized carbons (Fsp3) is 0.400. The Morgan fingerprint density at radius 2 is 2.11 bits per heavy atom. The van der Waals surface area contributed by atoms with Gasteiger partial charge in [0.25, 0.3) is 0 Å². The molecule has 0 unspecified atom stereocenters. The number of nitrogens with zero attached hydrogens (tertiary/aromatic N) is 1. The van der Waals surface area contributed by atoms with E-state index in [1.165, 1.54) is 10.9 Å². The van der Waals surface area contributed by atoms with E-state index < -0.39 is 0 Å². The Labute approximate surface area is 113 Å². The number of hydrogen-bond donors (Lipinski definition) is 2. The van der Waals surface area contributed by atoms with E-state index >= 15 is 0 Å². The molecule has 102 valence electrons. The van der Waals surface area contributed by atoms with Crippen molar-refractivity contribution in [3.8, 4) is 0 Å². The van der Waals surface area contributed by atoms with Crippen LogP contribution in [0.1, 0.15) is 19.4 Å². The third-order valence-corrected chi connectivity index (χ3v) is 2.98. The van der Waals surface area contributed by atoms with Gasteiger partial charge in [0.2, 0.25) is 5.91 Å². The Morgan fingerprint density at radius 1 is 1.32 bits per heavy atom. The lowest BCUT2D eigenvalue weighted by molar-refractivity contribution is -0.122. The van der Waals surface area contributed by atoms with Gasteiger partial charge in [-0.25, -0.2) is 0 Å². The Hall–Kier alpha value is -1.81. The van der Waals surface area contributed by atoms with Crippen LogP contribution in [0.2, 0.25) is 0 Å². The summed E-state index contributed by atoms with van der Waals surface area (Å²) in [6, 6.07) is 8.55. The van der Waals surface area contributed by atoms with Crippen molar-refractivity contribution in [3.05, 3.63) is 36.0 Å². The van der Waals surface area contributed by atoms with E-state index in [0.717, 1.165) is 12.1 Å². The minimum atomic E-state index is 0.0480. The van der Waals surface area contributed by atoms with Gasteiger partial charge in [-0.2, -0.15) is 0 Å². The lowest BCUT2D eigenvalue weighted by Crippen LogP contribution is -2.32. The van der Waals surface area contributed by atoms with Gasteiger partial charge in [-0.1, -0.05) is 6.07 Å². The van der Waals surface area contributed by atoms with Crippen LogP contribution in [0.3, 0.4) is 0 Å². The number of nitrogens with one attached hydrogen (secondary N) is 2. The van der Waals surface area contributed by atoms with Crippen molar-refractivity contribution in [2.24, 2.45) is 0 Å². The van der Waals surface area contributed by atoms with Crippen LogP contribution in [-0.2, 0) is 17.9 Å². The first-order valence-corrected chi connectivity index (χ1v) is 6.62. The molecule has 2 rings (SSSR count). The molecule has 1 aromatic carbocycles. The fourth-order valence-corrected chi connectivity index (χ4v) is 2.22. The van der Waals surface area contributed by atoms with Crippen LogP contribution in [0.15, 0.2) is 30.5 Å². The number of amides is 1. The first-order chi connectivity index (χ1) is 9.10. The molecule has 4 nitrogen and oxygen atoms in total. The molecule has 0 aliphatic carbocycles. The molecular formula is C15H21N3O. The molecule has 0 saturated carbocycles. The molecule has 4 heteroatoms. The van der Waals surface area contributed by atoms with Crippen LogP contribution in [0.25, 0.3) is 10.9 Å². The maximum atomic E-state index is 11.8. The Morgan fingerprint density at radius 3 is 2.79 bits per heavy atom. The van der Waals surface area contributed by atoms with E-state index in [0.29, 0.717) is 6.54 Å². The molecule has 1 heterocycles. The summed E-state index contributed by atoms with van der Waals surface area (Å²) < 4.78 is 1.98. The quantitative estimate of drug-likeness (QED) is 0.861. The molecule has 1 aromatic heterocycles. The maximum Gasteiger partial charge on any atom is 0.240 e. The van der Waals surface area contributed by atoms with Crippen LogP contribution in [0.4, 0.5) is 0 Å². The topological polar surface area (TPSA) is 46.1 Å². The molecule has 0 aliphatic heterocycles. The monoisotopic (exact) mass is 259 g/mol. The Bertz CT molecular complexity index is 572. The van der Waals surface area contributed by atoms with E-state index in [1.54, 1.807) is 0 Å². The van der Waals surface area contributed by atoms with Crippen molar-refractivity contribution in [2.45, 2.75) is 33.0 Å². The SMILES string of the molecule is CNCc1ccc2c(ccn2CC(=O)NC(C)C)c1. The van der Waals surface area contributed by atoms with Gasteiger partial charge in [0.1, 0.15) is 6.54 Å². The van der Waals surface area contributed by atoms with Gasteiger partial charge < -0.3 is 15.2 Å². The van der Waals surface area contributed by atoms with Gasteiger partial charge in [-0.05, 0) is 50.0 Å². The van der Waals surface area contributed by atoms with Crippen molar-refractivity contribution in [3.63, 3.8) is 0 Å². The summed E-state index contributed by atoms with van der Waals surface area (Å²) in [5.74, 6) is 0.0480. The summed E-state index contributed by atoms with van der Waals surface area (Å²) in [4.78, 5) is 11.8. The number of fused-ring (bicyclic) bond motifs is 1. The number of carbonyl (C=O) groups excluding carboxylic acids is 1. The molecule has 0 atom stereocenters. The van der Waals surface area contributed by atoms with E-state index in [-0.39, 0.29) is 11.9 Å². The first-order valence-electron chi connectivity index (χ1n) is 6.62. The third-order valence-electron chi connectivity index (χ3n) is 2.98. The third kappa shape index (κ3) is 3.35. The van der Waals surface area contributed by atoms with Crippen molar-refractivity contribution >= 4 is 16.8 Å². The molecule has 1 amide bonds. The lowest BCUT2D eigenvalue weighted by Gasteiger charge is -2.10. The second kappa shape index (κ2) is 5.89. The van der Waals surface area contributed by atoms with E-state index in [2.05, 4.69) is 34.9 Å². The molecule has 0 saturated heterocycles. The average molecular weight is 259 g/mol. The summed E-state index contributed by atoms with van der Waals surface area (Å²) in [6.07, 6.45) is 1.97.